The topological polar surface area (TPSA) is 83.6 Å². The summed E-state index contributed by atoms with van der Waals surface area (Å²) in [6.45, 7) is 2.24. The van der Waals surface area contributed by atoms with Gasteiger partial charge in [-0.1, -0.05) is 49.4 Å². The second kappa shape index (κ2) is 7.92. The number of aryl methyl sites for hydroxylation is 1. The van der Waals surface area contributed by atoms with Gasteiger partial charge in [-0.25, -0.2) is 16.8 Å². The van der Waals surface area contributed by atoms with Crippen molar-refractivity contribution in [1.29, 1.82) is 0 Å². The van der Waals surface area contributed by atoms with Crippen LogP contribution in [0.25, 0.3) is 10.8 Å². The van der Waals surface area contributed by atoms with Crippen molar-refractivity contribution in [2.75, 3.05) is 21.3 Å². The van der Waals surface area contributed by atoms with E-state index in [1.54, 1.807) is 36.4 Å². The summed E-state index contributed by atoms with van der Waals surface area (Å²) in [6.07, 6.45) is 2.04. The first-order valence-corrected chi connectivity index (χ1v) is 13.0. The highest BCUT2D eigenvalue weighted by Gasteiger charge is 2.27. The lowest BCUT2D eigenvalue weighted by Gasteiger charge is -2.31. The van der Waals surface area contributed by atoms with Crippen LogP contribution in [0.15, 0.2) is 65.6 Å². The molecular formula is C22H24N2O4S2. The number of rotatable bonds is 6. The first-order valence-electron chi connectivity index (χ1n) is 9.96. The summed E-state index contributed by atoms with van der Waals surface area (Å²) >= 11 is 0. The molecule has 30 heavy (non-hydrogen) atoms. The van der Waals surface area contributed by atoms with E-state index in [4.69, 9.17) is 0 Å². The van der Waals surface area contributed by atoms with Crippen molar-refractivity contribution in [2.24, 2.45) is 0 Å². The highest BCUT2D eigenvalue weighted by molar-refractivity contribution is 7.93. The van der Waals surface area contributed by atoms with Gasteiger partial charge in [0, 0.05) is 11.9 Å². The molecular weight excluding hydrogens is 420 g/mol. The van der Waals surface area contributed by atoms with Gasteiger partial charge in [0.25, 0.3) is 10.0 Å². The zero-order chi connectivity index (χ0) is 21.4. The Morgan fingerprint density at radius 2 is 1.73 bits per heavy atom. The fourth-order valence-electron chi connectivity index (χ4n) is 3.90. The Bertz CT molecular complexity index is 1300. The van der Waals surface area contributed by atoms with Crippen molar-refractivity contribution >= 4 is 42.2 Å². The Hall–Kier alpha value is -2.58. The van der Waals surface area contributed by atoms with E-state index in [2.05, 4.69) is 4.72 Å². The predicted molar refractivity (Wildman–Crippen MR) is 121 cm³/mol. The van der Waals surface area contributed by atoms with E-state index in [9.17, 15) is 16.8 Å². The van der Waals surface area contributed by atoms with Gasteiger partial charge in [0.2, 0.25) is 10.0 Å². The summed E-state index contributed by atoms with van der Waals surface area (Å²) in [7, 11) is -7.28. The van der Waals surface area contributed by atoms with Crippen LogP contribution in [0.3, 0.4) is 0 Å². The van der Waals surface area contributed by atoms with Gasteiger partial charge in [-0.3, -0.25) is 9.03 Å². The molecule has 1 aliphatic rings. The lowest BCUT2D eigenvalue weighted by molar-refractivity contribution is 0.585. The van der Waals surface area contributed by atoms with E-state index in [0.29, 0.717) is 29.7 Å². The second-order valence-electron chi connectivity index (χ2n) is 7.42. The van der Waals surface area contributed by atoms with Gasteiger partial charge in [0.15, 0.2) is 0 Å². The van der Waals surface area contributed by atoms with E-state index >= 15 is 0 Å². The van der Waals surface area contributed by atoms with E-state index in [1.165, 1.54) is 4.31 Å². The molecule has 0 fully saturated rings. The first kappa shape index (κ1) is 20.7. The third-order valence-corrected chi connectivity index (χ3v) is 8.66. The number of benzene rings is 3. The highest BCUT2D eigenvalue weighted by Crippen LogP contribution is 2.33. The van der Waals surface area contributed by atoms with Gasteiger partial charge < -0.3 is 0 Å². The molecule has 1 aliphatic heterocycles. The largest absolute Gasteiger partial charge is 0.280 e. The van der Waals surface area contributed by atoms with E-state index in [-0.39, 0.29) is 10.6 Å². The number of fused-ring (bicyclic) bond motifs is 2. The zero-order valence-corrected chi connectivity index (χ0v) is 18.3. The molecule has 0 spiro atoms. The molecule has 0 bridgehead atoms. The van der Waals surface area contributed by atoms with Crippen LogP contribution in [-0.2, 0) is 26.5 Å². The molecule has 0 saturated heterocycles. The Morgan fingerprint density at radius 3 is 2.53 bits per heavy atom. The molecule has 0 atom stereocenters. The molecule has 3 aromatic carbocycles. The van der Waals surface area contributed by atoms with Crippen molar-refractivity contribution in [1.82, 2.24) is 0 Å². The number of sulfonamides is 2. The summed E-state index contributed by atoms with van der Waals surface area (Å²) in [4.78, 5) is 0.189. The van der Waals surface area contributed by atoms with Crippen molar-refractivity contribution in [3.63, 3.8) is 0 Å². The maximum Gasteiger partial charge on any atom is 0.262 e. The monoisotopic (exact) mass is 444 g/mol. The highest BCUT2D eigenvalue weighted by atomic mass is 32.2. The molecule has 1 heterocycles. The number of hydrogen-bond donors (Lipinski definition) is 1. The predicted octanol–water partition coefficient (Wildman–Crippen LogP) is 4.13. The van der Waals surface area contributed by atoms with Crippen molar-refractivity contribution in [2.45, 2.75) is 31.1 Å². The van der Waals surface area contributed by atoms with Crippen LogP contribution in [0.1, 0.15) is 25.3 Å². The number of hydrogen-bond acceptors (Lipinski definition) is 4. The standard InChI is InChI=1S/C22H24N2O4S2/c1-2-15-29(25,26)24-14-6-9-18-12-13-19(16-21(18)24)23-30(27,28)22-11-5-8-17-7-3-4-10-20(17)22/h3-5,7-8,10-13,16,23H,2,6,9,14-15H2,1H3. The molecule has 4 rings (SSSR count). The van der Waals surface area contributed by atoms with Crippen LogP contribution in [0.2, 0.25) is 0 Å². The zero-order valence-electron chi connectivity index (χ0n) is 16.7. The normalized spacial score (nSPS) is 14.5. The molecule has 0 saturated carbocycles. The Labute approximate surface area is 177 Å². The fraction of sp³-hybridized carbons (Fsp3) is 0.273. The van der Waals surface area contributed by atoms with E-state index in [1.807, 2.05) is 31.2 Å². The van der Waals surface area contributed by atoms with Crippen LogP contribution in [-0.4, -0.2) is 29.1 Å². The van der Waals surface area contributed by atoms with Crippen LogP contribution in [0, 0.1) is 0 Å². The molecule has 0 unspecified atom stereocenters. The quantitative estimate of drug-likeness (QED) is 0.620. The molecule has 8 heteroatoms. The van der Waals surface area contributed by atoms with E-state index < -0.39 is 20.0 Å². The first-order chi connectivity index (χ1) is 14.3. The van der Waals surface area contributed by atoms with Gasteiger partial charge in [-0.05, 0) is 48.4 Å². The lowest BCUT2D eigenvalue weighted by atomic mass is 10.0. The summed E-state index contributed by atoms with van der Waals surface area (Å²) in [5.74, 6) is 0.0679. The lowest BCUT2D eigenvalue weighted by Crippen LogP contribution is -2.37. The molecule has 0 radical (unpaired) electrons. The van der Waals surface area contributed by atoms with Crippen molar-refractivity contribution < 1.29 is 16.8 Å². The molecule has 6 nitrogen and oxygen atoms in total. The van der Waals surface area contributed by atoms with E-state index in [0.717, 1.165) is 23.8 Å². The molecule has 0 amide bonds. The van der Waals surface area contributed by atoms with Gasteiger partial charge in [0.1, 0.15) is 0 Å². The molecule has 0 aromatic heterocycles. The molecule has 0 aliphatic carbocycles. The smallest absolute Gasteiger partial charge is 0.262 e. The Kier molecular flexibility index (Phi) is 5.46. The second-order valence-corrected chi connectivity index (χ2v) is 11.1. The van der Waals surface area contributed by atoms with Crippen LogP contribution in [0.4, 0.5) is 11.4 Å². The van der Waals surface area contributed by atoms with Crippen molar-refractivity contribution in [3.05, 3.63) is 66.2 Å². The van der Waals surface area contributed by atoms with Gasteiger partial charge in [-0.15, -0.1) is 0 Å². The fourth-order valence-corrected chi connectivity index (χ4v) is 6.80. The average Bonchev–Trinajstić information content (AvgIpc) is 2.72. The van der Waals surface area contributed by atoms with Gasteiger partial charge >= 0.3 is 0 Å². The molecule has 3 aromatic rings. The van der Waals surface area contributed by atoms with Crippen LogP contribution < -0.4 is 9.03 Å². The summed E-state index contributed by atoms with van der Waals surface area (Å²) < 4.78 is 55.7. The minimum atomic E-state index is -3.85. The number of nitrogens with zero attached hydrogens (tertiary/aromatic N) is 1. The minimum absolute atomic E-state index is 0.0679. The Morgan fingerprint density at radius 1 is 0.967 bits per heavy atom. The number of anilines is 2. The third-order valence-electron chi connectivity index (χ3n) is 5.25. The van der Waals surface area contributed by atoms with Gasteiger partial charge in [-0.2, -0.15) is 0 Å². The van der Waals surface area contributed by atoms with Crippen LogP contribution >= 0.6 is 0 Å². The van der Waals surface area contributed by atoms with Crippen LogP contribution in [0.5, 0.6) is 0 Å². The summed E-state index contributed by atoms with van der Waals surface area (Å²) in [5, 5.41) is 1.47. The average molecular weight is 445 g/mol. The molecule has 158 valence electrons. The maximum atomic E-state index is 13.1. The molecule has 1 N–H and O–H groups in total. The maximum absolute atomic E-state index is 13.1. The Balaban J connectivity index is 1.72. The van der Waals surface area contributed by atoms with Crippen molar-refractivity contribution in [3.8, 4) is 0 Å². The van der Waals surface area contributed by atoms with Gasteiger partial charge in [0.05, 0.1) is 22.0 Å². The third kappa shape index (κ3) is 3.89. The summed E-state index contributed by atoms with van der Waals surface area (Å²) in [6, 6.07) is 17.6. The SMILES string of the molecule is CCCS(=O)(=O)N1CCCc2ccc(NS(=O)(=O)c3cccc4ccccc34)cc21. The minimum Gasteiger partial charge on any atom is -0.280 e. The number of nitrogens with one attached hydrogen (secondary N) is 1. The summed E-state index contributed by atoms with van der Waals surface area (Å²) in [5.41, 5.74) is 1.82.